The van der Waals surface area contributed by atoms with Crippen LogP contribution < -0.4 is 14.8 Å². The van der Waals surface area contributed by atoms with Gasteiger partial charge in [-0.1, -0.05) is 18.2 Å². The molecule has 9 nitrogen and oxygen atoms in total. The minimum atomic E-state index is -1.03. The van der Waals surface area contributed by atoms with E-state index in [1.54, 1.807) is 24.3 Å². The zero-order valence-corrected chi connectivity index (χ0v) is 15.3. The Morgan fingerprint density at radius 1 is 1.03 bits per heavy atom. The number of nitrogens with zero attached hydrogens (tertiary/aromatic N) is 1. The van der Waals surface area contributed by atoms with Gasteiger partial charge in [-0.05, 0) is 35.4 Å². The summed E-state index contributed by atoms with van der Waals surface area (Å²) >= 11 is 0. The lowest BCUT2D eigenvalue weighted by molar-refractivity contribution is -0.125. The van der Waals surface area contributed by atoms with Gasteiger partial charge in [0.25, 0.3) is 0 Å². The standard InChI is InChI=1S/C20H18N2O7/c23-18(21-8-13-3-6-16-17(7-13)29-11-28-16)15-10-27-20(26)22(15)9-12-1-4-14(5-2-12)19(24)25/h1-7,15H,8-11H2,(H,21,23)(H,24,25)/t15-/m0/s1. The predicted molar refractivity (Wildman–Crippen MR) is 98.5 cm³/mol. The van der Waals surface area contributed by atoms with Crippen LogP contribution in [-0.4, -0.2) is 47.4 Å². The molecule has 2 heterocycles. The largest absolute Gasteiger partial charge is 0.478 e. The number of ether oxygens (including phenoxy) is 3. The van der Waals surface area contributed by atoms with E-state index >= 15 is 0 Å². The molecule has 2 N–H and O–H groups in total. The molecule has 9 heteroatoms. The monoisotopic (exact) mass is 398 g/mol. The van der Waals surface area contributed by atoms with Gasteiger partial charge in [-0.2, -0.15) is 0 Å². The SMILES string of the molecule is O=C(O)c1ccc(CN2C(=O)OC[C@H]2C(=O)NCc2ccc3c(c2)OCO3)cc1. The van der Waals surface area contributed by atoms with Crippen molar-refractivity contribution in [2.75, 3.05) is 13.4 Å². The number of benzene rings is 2. The molecule has 2 aromatic carbocycles. The molecule has 2 aliphatic rings. The second kappa shape index (κ2) is 7.70. The Labute approximate surface area is 165 Å². The maximum Gasteiger partial charge on any atom is 0.410 e. The van der Waals surface area contributed by atoms with E-state index in [1.807, 2.05) is 6.07 Å². The van der Waals surface area contributed by atoms with Crippen LogP contribution in [0.1, 0.15) is 21.5 Å². The number of fused-ring (bicyclic) bond motifs is 1. The number of carboxylic acid groups (broad SMARTS) is 1. The minimum Gasteiger partial charge on any atom is -0.478 e. The third-order valence-electron chi connectivity index (χ3n) is 4.74. The lowest BCUT2D eigenvalue weighted by atomic mass is 10.1. The first-order chi connectivity index (χ1) is 14.0. The Balaban J connectivity index is 1.39. The third kappa shape index (κ3) is 3.93. The van der Waals surface area contributed by atoms with Crippen molar-refractivity contribution in [3.8, 4) is 11.5 Å². The van der Waals surface area contributed by atoms with Crippen molar-refractivity contribution in [3.63, 3.8) is 0 Å². The lowest BCUT2D eigenvalue weighted by Crippen LogP contribution is -2.45. The van der Waals surface area contributed by atoms with E-state index in [4.69, 9.17) is 19.3 Å². The van der Waals surface area contributed by atoms with Crippen molar-refractivity contribution < 1.29 is 33.7 Å². The van der Waals surface area contributed by atoms with Crippen molar-refractivity contribution in [1.29, 1.82) is 0 Å². The Hall–Kier alpha value is -3.75. The van der Waals surface area contributed by atoms with Crippen LogP contribution in [0.25, 0.3) is 0 Å². The number of nitrogens with one attached hydrogen (secondary N) is 1. The number of hydrogen-bond donors (Lipinski definition) is 2. The number of amides is 2. The van der Waals surface area contributed by atoms with E-state index in [9.17, 15) is 14.4 Å². The van der Waals surface area contributed by atoms with Crippen molar-refractivity contribution in [3.05, 3.63) is 59.2 Å². The van der Waals surface area contributed by atoms with Gasteiger partial charge in [-0.25, -0.2) is 9.59 Å². The van der Waals surface area contributed by atoms with Crippen LogP contribution in [0.15, 0.2) is 42.5 Å². The number of rotatable bonds is 6. The molecule has 0 unspecified atom stereocenters. The highest BCUT2D eigenvalue weighted by molar-refractivity contribution is 5.88. The van der Waals surface area contributed by atoms with E-state index in [1.165, 1.54) is 17.0 Å². The van der Waals surface area contributed by atoms with Gasteiger partial charge >= 0.3 is 12.1 Å². The molecule has 0 aromatic heterocycles. The van der Waals surface area contributed by atoms with Crippen molar-refractivity contribution >= 4 is 18.0 Å². The number of aromatic carboxylic acids is 1. The van der Waals surface area contributed by atoms with Gasteiger partial charge in [0.1, 0.15) is 12.6 Å². The Bertz CT molecular complexity index is 958. The smallest absolute Gasteiger partial charge is 0.410 e. The number of carboxylic acids is 1. The molecule has 2 aromatic rings. The summed E-state index contributed by atoms with van der Waals surface area (Å²) in [7, 11) is 0. The normalized spacial score (nSPS) is 17.2. The number of cyclic esters (lactones) is 1. The molecule has 0 radical (unpaired) electrons. The lowest BCUT2D eigenvalue weighted by Gasteiger charge is -2.21. The molecular formula is C20H18N2O7. The summed E-state index contributed by atoms with van der Waals surface area (Å²) in [5, 5.41) is 11.8. The van der Waals surface area contributed by atoms with Gasteiger partial charge in [-0.3, -0.25) is 9.69 Å². The third-order valence-corrected chi connectivity index (χ3v) is 4.74. The molecule has 1 fully saturated rings. The van der Waals surface area contributed by atoms with Crippen LogP contribution in [0.2, 0.25) is 0 Å². The van der Waals surface area contributed by atoms with Crippen molar-refractivity contribution in [2.24, 2.45) is 0 Å². The second-order valence-electron chi connectivity index (χ2n) is 6.63. The number of carbonyl (C=O) groups excluding carboxylic acids is 2. The maximum atomic E-state index is 12.6. The molecule has 0 aliphatic carbocycles. The van der Waals surface area contributed by atoms with Crippen LogP contribution in [0, 0.1) is 0 Å². The molecule has 2 amide bonds. The summed E-state index contributed by atoms with van der Waals surface area (Å²) in [6.07, 6.45) is -0.587. The van der Waals surface area contributed by atoms with Gasteiger partial charge in [0.05, 0.1) is 12.1 Å². The highest BCUT2D eigenvalue weighted by atomic mass is 16.7. The second-order valence-corrected chi connectivity index (χ2v) is 6.63. The van der Waals surface area contributed by atoms with E-state index < -0.39 is 18.1 Å². The quantitative estimate of drug-likeness (QED) is 0.762. The highest BCUT2D eigenvalue weighted by Gasteiger charge is 2.37. The minimum absolute atomic E-state index is 0.0426. The average molecular weight is 398 g/mol. The van der Waals surface area contributed by atoms with Gasteiger partial charge in [0.2, 0.25) is 12.7 Å². The van der Waals surface area contributed by atoms with Gasteiger partial charge in [0, 0.05) is 6.54 Å². The molecular weight excluding hydrogens is 380 g/mol. The zero-order valence-electron chi connectivity index (χ0n) is 15.3. The van der Waals surface area contributed by atoms with Gasteiger partial charge in [0.15, 0.2) is 11.5 Å². The Morgan fingerprint density at radius 2 is 1.76 bits per heavy atom. The maximum absolute atomic E-state index is 12.6. The summed E-state index contributed by atoms with van der Waals surface area (Å²) in [6, 6.07) is 10.7. The van der Waals surface area contributed by atoms with Gasteiger partial charge < -0.3 is 24.6 Å². The van der Waals surface area contributed by atoms with E-state index in [0.717, 1.165) is 5.56 Å². The van der Waals surface area contributed by atoms with Crippen LogP contribution in [0.3, 0.4) is 0 Å². The average Bonchev–Trinajstić information content (AvgIpc) is 3.33. The van der Waals surface area contributed by atoms with E-state index in [2.05, 4.69) is 5.32 Å². The summed E-state index contributed by atoms with van der Waals surface area (Å²) in [5.74, 6) is -0.0777. The van der Waals surface area contributed by atoms with E-state index in [0.29, 0.717) is 17.1 Å². The van der Waals surface area contributed by atoms with Crippen LogP contribution in [0.5, 0.6) is 11.5 Å². The van der Waals surface area contributed by atoms with Crippen molar-refractivity contribution in [2.45, 2.75) is 19.1 Å². The summed E-state index contributed by atoms with van der Waals surface area (Å²) in [6.45, 7) is 0.538. The fourth-order valence-corrected chi connectivity index (χ4v) is 3.15. The molecule has 150 valence electrons. The molecule has 1 atom stereocenters. The molecule has 0 saturated carbocycles. The van der Waals surface area contributed by atoms with E-state index in [-0.39, 0.29) is 38.0 Å². The number of hydrogen-bond acceptors (Lipinski definition) is 6. The zero-order chi connectivity index (χ0) is 20.4. The first-order valence-electron chi connectivity index (χ1n) is 8.93. The van der Waals surface area contributed by atoms with Crippen LogP contribution in [0.4, 0.5) is 4.79 Å². The molecule has 4 rings (SSSR count). The molecule has 29 heavy (non-hydrogen) atoms. The van der Waals surface area contributed by atoms with Crippen LogP contribution >= 0.6 is 0 Å². The summed E-state index contributed by atoms with van der Waals surface area (Å²) in [4.78, 5) is 37.0. The Morgan fingerprint density at radius 3 is 2.52 bits per heavy atom. The first-order valence-corrected chi connectivity index (χ1v) is 8.93. The summed E-state index contributed by atoms with van der Waals surface area (Å²) in [5.41, 5.74) is 1.68. The fourth-order valence-electron chi connectivity index (χ4n) is 3.15. The molecule has 2 aliphatic heterocycles. The number of carbonyl (C=O) groups is 3. The fraction of sp³-hybridized carbons (Fsp3) is 0.250. The van der Waals surface area contributed by atoms with Gasteiger partial charge in [-0.15, -0.1) is 0 Å². The topological polar surface area (TPSA) is 114 Å². The highest BCUT2D eigenvalue weighted by Crippen LogP contribution is 2.32. The molecule has 1 saturated heterocycles. The Kier molecular flexibility index (Phi) is 4.94. The summed E-state index contributed by atoms with van der Waals surface area (Å²) < 4.78 is 15.6. The first kappa shape index (κ1) is 18.6. The van der Waals surface area contributed by atoms with Crippen molar-refractivity contribution in [1.82, 2.24) is 10.2 Å². The predicted octanol–water partition coefficient (Wildman–Crippen LogP) is 1.75. The molecule has 0 bridgehead atoms. The van der Waals surface area contributed by atoms with Crippen LogP contribution in [-0.2, 0) is 22.6 Å². The molecule has 0 spiro atoms.